The van der Waals surface area contributed by atoms with Crippen molar-refractivity contribution < 1.29 is 13.6 Å². The molecule has 0 fully saturated rings. The van der Waals surface area contributed by atoms with Crippen molar-refractivity contribution in [2.24, 2.45) is 0 Å². The number of rotatable bonds is 4. The minimum absolute atomic E-state index is 0.0383. The van der Waals surface area contributed by atoms with E-state index in [0.29, 0.717) is 22.6 Å². The standard InChI is InChI=1S/C27H21F2N3O2S/c1-16-12-23(33)26(27(34)31-15-18-6-4-5-11-30-18)22-14-25(17-9-10-19(28)20(29)13-17)35-24-8-3-2-7-21(24)32(16)22/h2-13,25H,14-15H2,1H3,(H,31,34)/t25-/m1/s1. The van der Waals surface area contributed by atoms with Crippen molar-refractivity contribution in [3.8, 4) is 5.69 Å². The maximum absolute atomic E-state index is 14.1. The Morgan fingerprint density at radius 3 is 2.66 bits per heavy atom. The Balaban J connectivity index is 1.64. The fraction of sp³-hybridized carbons (Fsp3) is 0.148. The molecule has 5 nitrogen and oxygen atoms in total. The Morgan fingerprint density at radius 1 is 1.09 bits per heavy atom. The summed E-state index contributed by atoms with van der Waals surface area (Å²) in [7, 11) is 0. The number of benzene rings is 2. The topological polar surface area (TPSA) is 64.0 Å². The number of nitrogens with one attached hydrogen (secondary N) is 1. The van der Waals surface area contributed by atoms with Crippen molar-refractivity contribution in [2.75, 3.05) is 0 Å². The molecule has 1 N–H and O–H groups in total. The lowest BCUT2D eigenvalue weighted by Gasteiger charge is -2.20. The van der Waals surface area contributed by atoms with Gasteiger partial charge in [-0.1, -0.05) is 24.3 Å². The zero-order valence-electron chi connectivity index (χ0n) is 18.8. The van der Waals surface area contributed by atoms with E-state index in [2.05, 4.69) is 10.3 Å². The van der Waals surface area contributed by atoms with Gasteiger partial charge in [-0.25, -0.2) is 8.78 Å². The van der Waals surface area contributed by atoms with Crippen molar-refractivity contribution >= 4 is 17.7 Å². The maximum Gasteiger partial charge on any atom is 0.257 e. The highest BCUT2D eigenvalue weighted by Gasteiger charge is 2.29. The number of carbonyl (C=O) groups excluding carboxylic acids is 1. The number of amides is 1. The molecule has 1 atom stereocenters. The van der Waals surface area contributed by atoms with Gasteiger partial charge in [-0.15, -0.1) is 11.8 Å². The van der Waals surface area contributed by atoms with E-state index in [0.717, 1.165) is 16.6 Å². The first kappa shape index (κ1) is 23.0. The van der Waals surface area contributed by atoms with Crippen LogP contribution in [0.15, 0.2) is 82.6 Å². The SMILES string of the molecule is Cc1cc(=O)c(C(=O)NCc2ccccn2)c2n1-c1ccccc1S[C@@H](c1ccc(F)c(F)c1)C2. The Morgan fingerprint density at radius 2 is 1.89 bits per heavy atom. The van der Waals surface area contributed by atoms with E-state index >= 15 is 0 Å². The van der Waals surface area contributed by atoms with Gasteiger partial charge in [-0.3, -0.25) is 14.6 Å². The van der Waals surface area contributed by atoms with Gasteiger partial charge >= 0.3 is 0 Å². The zero-order chi connectivity index (χ0) is 24.5. The van der Waals surface area contributed by atoms with Crippen molar-refractivity contribution in [1.29, 1.82) is 0 Å². The molecule has 0 saturated carbocycles. The summed E-state index contributed by atoms with van der Waals surface area (Å²) in [5.74, 6) is -2.36. The summed E-state index contributed by atoms with van der Waals surface area (Å²) in [6, 6.07) is 18.3. The molecule has 5 rings (SSSR count). The second kappa shape index (κ2) is 9.46. The van der Waals surface area contributed by atoms with Crippen LogP contribution in [-0.4, -0.2) is 15.5 Å². The number of nitrogens with zero attached hydrogens (tertiary/aromatic N) is 2. The first-order valence-electron chi connectivity index (χ1n) is 11.1. The highest BCUT2D eigenvalue weighted by atomic mass is 32.2. The predicted molar refractivity (Wildman–Crippen MR) is 131 cm³/mol. The third-order valence-electron chi connectivity index (χ3n) is 5.95. The number of hydrogen-bond donors (Lipinski definition) is 1. The molecule has 1 aliphatic rings. The summed E-state index contributed by atoms with van der Waals surface area (Å²) >= 11 is 1.49. The minimum atomic E-state index is -0.935. The van der Waals surface area contributed by atoms with Gasteiger partial charge in [-0.2, -0.15) is 0 Å². The van der Waals surface area contributed by atoms with Crippen LogP contribution in [0.25, 0.3) is 5.69 Å². The molecule has 2 aromatic carbocycles. The fourth-order valence-corrected chi connectivity index (χ4v) is 5.61. The van der Waals surface area contributed by atoms with Crippen LogP contribution >= 0.6 is 11.8 Å². The fourth-order valence-electron chi connectivity index (χ4n) is 4.34. The van der Waals surface area contributed by atoms with Gasteiger partial charge in [0, 0.05) is 40.2 Å². The van der Waals surface area contributed by atoms with Crippen molar-refractivity contribution in [1.82, 2.24) is 14.9 Å². The largest absolute Gasteiger partial charge is 0.346 e. The predicted octanol–water partition coefficient (Wildman–Crippen LogP) is 5.14. The summed E-state index contributed by atoms with van der Waals surface area (Å²) in [4.78, 5) is 31.6. The molecule has 0 spiro atoms. The monoisotopic (exact) mass is 489 g/mol. The second-order valence-electron chi connectivity index (χ2n) is 8.26. The van der Waals surface area contributed by atoms with E-state index < -0.39 is 17.5 Å². The summed E-state index contributed by atoms with van der Waals surface area (Å²) in [5, 5.41) is 2.47. The Kier molecular flexibility index (Phi) is 6.21. The van der Waals surface area contributed by atoms with Gasteiger partial charge < -0.3 is 9.88 Å². The molecular weight excluding hydrogens is 468 g/mol. The lowest BCUT2D eigenvalue weighted by Crippen LogP contribution is -2.32. The molecule has 1 amide bonds. The summed E-state index contributed by atoms with van der Waals surface area (Å²) in [6.45, 7) is 1.99. The Labute approximate surface area is 204 Å². The van der Waals surface area contributed by atoms with Crippen LogP contribution in [0.5, 0.6) is 0 Å². The average Bonchev–Trinajstić information content (AvgIpc) is 3.02. The number of aromatic nitrogens is 2. The number of aryl methyl sites for hydroxylation is 1. The van der Waals surface area contributed by atoms with Crippen LogP contribution in [0.2, 0.25) is 0 Å². The lowest BCUT2D eigenvalue weighted by atomic mass is 10.0. The van der Waals surface area contributed by atoms with Crippen LogP contribution in [0.1, 0.15) is 38.3 Å². The van der Waals surface area contributed by atoms with Gasteiger partial charge in [0.2, 0.25) is 0 Å². The third-order valence-corrected chi connectivity index (χ3v) is 7.27. The van der Waals surface area contributed by atoms with Crippen molar-refractivity contribution in [3.05, 3.63) is 123 Å². The Bertz CT molecular complexity index is 1490. The van der Waals surface area contributed by atoms with Gasteiger partial charge in [0.1, 0.15) is 5.56 Å². The smallest absolute Gasteiger partial charge is 0.257 e. The number of para-hydroxylation sites is 1. The first-order chi connectivity index (χ1) is 16.9. The van der Waals surface area contributed by atoms with Crippen LogP contribution in [0.4, 0.5) is 8.78 Å². The highest BCUT2D eigenvalue weighted by molar-refractivity contribution is 7.99. The maximum atomic E-state index is 14.1. The molecule has 0 aliphatic carbocycles. The van der Waals surface area contributed by atoms with Crippen molar-refractivity contribution in [2.45, 2.75) is 30.0 Å². The zero-order valence-corrected chi connectivity index (χ0v) is 19.6. The lowest BCUT2D eigenvalue weighted by molar-refractivity contribution is 0.0947. The average molecular weight is 490 g/mol. The number of fused-ring (bicyclic) bond motifs is 3. The molecule has 4 aromatic rings. The number of pyridine rings is 2. The van der Waals surface area contributed by atoms with Crippen LogP contribution in [-0.2, 0) is 13.0 Å². The normalized spacial score (nSPS) is 14.5. The molecule has 0 saturated heterocycles. The van der Waals surface area contributed by atoms with Gasteiger partial charge in [0.15, 0.2) is 17.1 Å². The summed E-state index contributed by atoms with van der Waals surface area (Å²) < 4.78 is 29.7. The highest BCUT2D eigenvalue weighted by Crippen LogP contribution is 2.44. The van der Waals surface area contributed by atoms with E-state index in [4.69, 9.17) is 0 Å². The van der Waals surface area contributed by atoms with Crippen LogP contribution in [0, 0.1) is 18.6 Å². The van der Waals surface area contributed by atoms with E-state index in [1.807, 2.05) is 41.8 Å². The quantitative estimate of drug-likeness (QED) is 0.431. The number of carbonyl (C=O) groups is 1. The van der Waals surface area contributed by atoms with E-state index in [9.17, 15) is 18.4 Å². The van der Waals surface area contributed by atoms with Crippen molar-refractivity contribution in [3.63, 3.8) is 0 Å². The molecule has 0 radical (unpaired) electrons. The molecule has 0 unspecified atom stereocenters. The first-order valence-corrected chi connectivity index (χ1v) is 11.9. The van der Waals surface area contributed by atoms with E-state index in [1.54, 1.807) is 24.4 Å². The molecule has 3 heterocycles. The van der Waals surface area contributed by atoms with Gasteiger partial charge in [0.05, 0.1) is 17.9 Å². The molecule has 35 heavy (non-hydrogen) atoms. The van der Waals surface area contributed by atoms with Crippen LogP contribution in [0.3, 0.4) is 0 Å². The molecular formula is C27H21F2N3O2S. The second-order valence-corrected chi connectivity index (χ2v) is 9.51. The number of halogens is 2. The van der Waals surface area contributed by atoms with Crippen LogP contribution < -0.4 is 10.7 Å². The molecule has 0 bridgehead atoms. The minimum Gasteiger partial charge on any atom is -0.346 e. The van der Waals surface area contributed by atoms with E-state index in [-0.39, 0.29) is 29.2 Å². The molecule has 176 valence electrons. The molecule has 8 heteroatoms. The molecule has 1 aliphatic heterocycles. The number of hydrogen-bond acceptors (Lipinski definition) is 4. The van der Waals surface area contributed by atoms with Gasteiger partial charge in [-0.05, 0) is 48.9 Å². The Hall–Kier alpha value is -3.78. The van der Waals surface area contributed by atoms with E-state index in [1.165, 1.54) is 23.9 Å². The molecule has 2 aromatic heterocycles. The third kappa shape index (κ3) is 4.49. The van der Waals surface area contributed by atoms with Gasteiger partial charge in [0.25, 0.3) is 5.91 Å². The summed E-state index contributed by atoms with van der Waals surface area (Å²) in [5.41, 5.74) is 2.93. The summed E-state index contributed by atoms with van der Waals surface area (Å²) in [6.07, 6.45) is 1.91. The number of thioether (sulfide) groups is 1.